The Kier molecular flexibility index (Phi) is 6.06. The SMILES string of the molecule is Cc1ccc2c(c1)NC(=O)c1cc(S(=O)(=O)N3CCC(C)CC3)c(N3CCC(C)CC3)cc1O2. The highest BCUT2D eigenvalue weighted by atomic mass is 32.2. The molecular formula is C26H33N3O4S. The van der Waals surface area contributed by atoms with Gasteiger partial charge in [0.1, 0.15) is 10.6 Å². The van der Waals surface area contributed by atoms with Crippen molar-refractivity contribution in [2.75, 3.05) is 36.4 Å². The van der Waals surface area contributed by atoms with Gasteiger partial charge in [-0.3, -0.25) is 4.79 Å². The minimum Gasteiger partial charge on any atom is -0.454 e. The summed E-state index contributed by atoms with van der Waals surface area (Å²) in [5.74, 6) is 1.71. The predicted molar refractivity (Wildman–Crippen MR) is 133 cm³/mol. The molecule has 8 heteroatoms. The molecule has 5 rings (SSSR count). The third-order valence-electron chi connectivity index (χ3n) is 7.39. The van der Waals surface area contributed by atoms with Crippen LogP contribution in [0.15, 0.2) is 35.2 Å². The molecule has 1 amide bonds. The molecule has 0 aliphatic carbocycles. The molecule has 1 N–H and O–H groups in total. The summed E-state index contributed by atoms with van der Waals surface area (Å²) >= 11 is 0. The molecule has 7 nitrogen and oxygen atoms in total. The Morgan fingerprint density at radius 2 is 1.56 bits per heavy atom. The Morgan fingerprint density at radius 3 is 2.24 bits per heavy atom. The Morgan fingerprint density at radius 1 is 0.912 bits per heavy atom. The van der Waals surface area contributed by atoms with Crippen molar-refractivity contribution in [1.82, 2.24) is 4.31 Å². The van der Waals surface area contributed by atoms with Crippen LogP contribution >= 0.6 is 0 Å². The molecule has 0 radical (unpaired) electrons. The quantitative estimate of drug-likeness (QED) is 0.664. The van der Waals surface area contributed by atoms with Crippen LogP contribution in [-0.2, 0) is 10.0 Å². The normalized spacial score (nSPS) is 20.2. The van der Waals surface area contributed by atoms with Crippen molar-refractivity contribution in [3.8, 4) is 11.5 Å². The highest BCUT2D eigenvalue weighted by Gasteiger charge is 2.35. The van der Waals surface area contributed by atoms with E-state index in [-0.39, 0.29) is 16.4 Å². The maximum absolute atomic E-state index is 13.9. The minimum atomic E-state index is -3.77. The van der Waals surface area contributed by atoms with Crippen molar-refractivity contribution in [1.29, 1.82) is 0 Å². The average molecular weight is 484 g/mol. The van der Waals surface area contributed by atoms with Crippen LogP contribution in [0, 0.1) is 18.8 Å². The zero-order chi connectivity index (χ0) is 24.0. The third-order valence-corrected chi connectivity index (χ3v) is 9.32. The predicted octanol–water partition coefficient (Wildman–Crippen LogP) is 5.01. The second-order valence-electron chi connectivity index (χ2n) is 10.1. The number of carbonyl (C=O) groups is 1. The zero-order valence-corrected chi connectivity index (χ0v) is 21.0. The molecule has 2 aromatic carbocycles. The van der Waals surface area contributed by atoms with Crippen LogP contribution in [0.2, 0.25) is 0 Å². The van der Waals surface area contributed by atoms with Gasteiger partial charge < -0.3 is 15.0 Å². The van der Waals surface area contributed by atoms with Crippen molar-refractivity contribution >= 4 is 27.3 Å². The van der Waals surface area contributed by atoms with Gasteiger partial charge in [0.05, 0.1) is 16.9 Å². The van der Waals surface area contributed by atoms with Gasteiger partial charge in [-0.2, -0.15) is 4.31 Å². The maximum atomic E-state index is 13.9. The van der Waals surface area contributed by atoms with E-state index >= 15 is 0 Å². The van der Waals surface area contributed by atoms with E-state index in [1.165, 1.54) is 6.07 Å². The van der Waals surface area contributed by atoms with Gasteiger partial charge >= 0.3 is 0 Å². The van der Waals surface area contributed by atoms with Crippen molar-refractivity contribution in [3.63, 3.8) is 0 Å². The number of hydrogen-bond donors (Lipinski definition) is 1. The number of nitrogens with zero attached hydrogens (tertiary/aromatic N) is 2. The van der Waals surface area contributed by atoms with Crippen LogP contribution in [0.1, 0.15) is 55.5 Å². The minimum absolute atomic E-state index is 0.205. The number of amides is 1. The lowest BCUT2D eigenvalue weighted by molar-refractivity contribution is 0.102. The van der Waals surface area contributed by atoms with Gasteiger partial charge in [-0.25, -0.2) is 8.42 Å². The van der Waals surface area contributed by atoms with E-state index in [1.807, 2.05) is 25.1 Å². The second kappa shape index (κ2) is 8.89. The van der Waals surface area contributed by atoms with Crippen molar-refractivity contribution < 1.29 is 17.9 Å². The van der Waals surface area contributed by atoms with Crippen LogP contribution < -0.4 is 15.0 Å². The third kappa shape index (κ3) is 4.29. The fourth-order valence-electron chi connectivity index (χ4n) is 5.02. The summed E-state index contributed by atoms with van der Waals surface area (Å²) in [6.45, 7) is 8.91. The Labute approximate surface area is 202 Å². The molecule has 3 heterocycles. The number of piperidine rings is 2. The maximum Gasteiger partial charge on any atom is 0.259 e. The molecule has 34 heavy (non-hydrogen) atoms. The molecule has 0 unspecified atom stereocenters. The van der Waals surface area contributed by atoms with E-state index in [1.54, 1.807) is 10.4 Å². The summed E-state index contributed by atoms with van der Waals surface area (Å²) in [4.78, 5) is 15.5. The second-order valence-corrected chi connectivity index (χ2v) is 12.0. The van der Waals surface area contributed by atoms with Crippen molar-refractivity contribution in [2.24, 2.45) is 11.8 Å². The summed E-state index contributed by atoms with van der Waals surface area (Å²) in [6.07, 6.45) is 3.69. The number of fused-ring (bicyclic) bond motifs is 2. The fourth-order valence-corrected chi connectivity index (χ4v) is 6.71. The molecule has 2 saturated heterocycles. The molecule has 0 saturated carbocycles. The lowest BCUT2D eigenvalue weighted by Gasteiger charge is -2.35. The van der Waals surface area contributed by atoms with Crippen LogP contribution in [-0.4, -0.2) is 44.8 Å². The van der Waals surface area contributed by atoms with Crippen LogP contribution in [0.5, 0.6) is 11.5 Å². The summed E-state index contributed by atoms with van der Waals surface area (Å²) in [5.41, 5.74) is 2.46. The van der Waals surface area contributed by atoms with Crippen LogP contribution in [0.3, 0.4) is 0 Å². The Hall–Kier alpha value is -2.58. The molecule has 0 atom stereocenters. The summed E-state index contributed by atoms with van der Waals surface area (Å²) in [5, 5.41) is 2.90. The molecule has 3 aliphatic heterocycles. The van der Waals surface area contributed by atoms with E-state index < -0.39 is 10.0 Å². The first-order valence-corrected chi connectivity index (χ1v) is 13.7. The van der Waals surface area contributed by atoms with Gasteiger partial charge in [0.25, 0.3) is 5.91 Å². The molecule has 182 valence electrons. The molecule has 2 fully saturated rings. The Bertz CT molecular complexity index is 1210. The van der Waals surface area contributed by atoms with Crippen molar-refractivity contribution in [3.05, 3.63) is 41.5 Å². The number of aryl methyl sites for hydroxylation is 1. The van der Waals surface area contributed by atoms with E-state index in [2.05, 4.69) is 24.1 Å². The number of nitrogens with one attached hydrogen (secondary N) is 1. The lowest BCUT2D eigenvalue weighted by atomic mass is 9.98. The summed E-state index contributed by atoms with van der Waals surface area (Å²) < 4.78 is 35.6. The lowest BCUT2D eigenvalue weighted by Crippen LogP contribution is -2.40. The van der Waals surface area contributed by atoms with Crippen LogP contribution in [0.25, 0.3) is 0 Å². The standard InChI is InChI=1S/C26H33N3O4S/c1-17-6-10-28(11-7-17)22-16-24-20(26(30)27-21-14-19(3)4-5-23(21)33-24)15-25(22)34(31,32)29-12-8-18(2)9-13-29/h4-5,14-18H,6-13H2,1-3H3,(H,27,30). The largest absolute Gasteiger partial charge is 0.454 e. The van der Waals surface area contributed by atoms with Crippen LogP contribution in [0.4, 0.5) is 11.4 Å². The number of ether oxygens (including phenoxy) is 1. The number of sulfonamides is 1. The first-order valence-electron chi connectivity index (χ1n) is 12.3. The first kappa shape index (κ1) is 23.2. The van der Waals surface area contributed by atoms with Gasteiger partial charge in [-0.1, -0.05) is 19.9 Å². The smallest absolute Gasteiger partial charge is 0.259 e. The van der Waals surface area contributed by atoms with Crippen molar-refractivity contribution in [2.45, 2.75) is 51.3 Å². The molecule has 0 bridgehead atoms. The average Bonchev–Trinajstić information content (AvgIpc) is 2.94. The number of rotatable bonds is 3. The molecule has 0 aromatic heterocycles. The van der Waals surface area contributed by atoms with Gasteiger partial charge in [0, 0.05) is 32.2 Å². The number of benzene rings is 2. The monoisotopic (exact) mass is 483 g/mol. The molecule has 3 aliphatic rings. The van der Waals surface area contributed by atoms with Gasteiger partial charge in [-0.15, -0.1) is 0 Å². The van der Waals surface area contributed by atoms with Gasteiger partial charge in [0.15, 0.2) is 5.75 Å². The van der Waals surface area contributed by atoms with Gasteiger partial charge in [-0.05, 0) is 68.2 Å². The highest BCUT2D eigenvalue weighted by Crippen LogP contribution is 2.42. The molecule has 2 aromatic rings. The van der Waals surface area contributed by atoms with E-state index in [4.69, 9.17) is 4.74 Å². The Balaban J connectivity index is 1.62. The van der Waals surface area contributed by atoms with E-state index in [9.17, 15) is 13.2 Å². The van der Waals surface area contributed by atoms with Gasteiger partial charge in [0.2, 0.25) is 10.0 Å². The topological polar surface area (TPSA) is 79.0 Å². The fraction of sp³-hybridized carbons (Fsp3) is 0.500. The van der Waals surface area contributed by atoms with E-state index in [0.29, 0.717) is 47.8 Å². The number of hydrogen-bond acceptors (Lipinski definition) is 5. The summed E-state index contributed by atoms with van der Waals surface area (Å²) in [7, 11) is -3.77. The first-order chi connectivity index (χ1) is 16.2. The number of anilines is 2. The highest BCUT2D eigenvalue weighted by molar-refractivity contribution is 7.89. The molecular weight excluding hydrogens is 450 g/mol. The number of carbonyl (C=O) groups excluding carboxylic acids is 1. The zero-order valence-electron chi connectivity index (χ0n) is 20.1. The van der Waals surface area contributed by atoms with E-state index in [0.717, 1.165) is 44.3 Å². The summed E-state index contributed by atoms with van der Waals surface area (Å²) in [6, 6.07) is 8.92. The molecule has 0 spiro atoms.